The number of hydrogen-bond donors (Lipinski definition) is 2. The molecule has 0 spiro atoms. The highest BCUT2D eigenvalue weighted by Gasteiger charge is 2.41. The number of nitrogens with zero attached hydrogens (tertiary/aromatic N) is 4. The second kappa shape index (κ2) is 7.11. The highest BCUT2D eigenvalue weighted by molar-refractivity contribution is 5.80. The molecule has 4 heterocycles. The Balaban J connectivity index is 1.38. The van der Waals surface area contributed by atoms with Crippen molar-refractivity contribution in [2.75, 3.05) is 0 Å². The van der Waals surface area contributed by atoms with Crippen LogP contribution < -0.4 is 11.2 Å². The summed E-state index contributed by atoms with van der Waals surface area (Å²) in [7, 11) is 0. The van der Waals surface area contributed by atoms with Crippen LogP contribution in [0, 0.1) is 0 Å². The zero-order valence-corrected chi connectivity index (χ0v) is 17.3. The quantitative estimate of drug-likeness (QED) is 0.424. The number of aromatic nitrogens is 6. The minimum atomic E-state index is -4.49. The average molecular weight is 464 g/mol. The van der Waals surface area contributed by atoms with Crippen LogP contribution >= 0.6 is 0 Å². The molecule has 0 amide bonds. The third kappa shape index (κ3) is 3.36. The Labute approximate surface area is 188 Å². The molecule has 8 nitrogen and oxygen atoms in total. The van der Waals surface area contributed by atoms with Crippen LogP contribution in [0.25, 0.3) is 27.8 Å². The fourth-order valence-corrected chi connectivity index (χ4v) is 4.39. The summed E-state index contributed by atoms with van der Waals surface area (Å²) >= 11 is 0. The molecular formula is C23H15F3N6O2. The Kier molecular flexibility index (Phi) is 4.25. The molecule has 1 saturated carbocycles. The van der Waals surface area contributed by atoms with Crippen molar-refractivity contribution in [1.82, 2.24) is 29.5 Å². The van der Waals surface area contributed by atoms with Gasteiger partial charge in [-0.1, -0.05) is 12.1 Å². The molecule has 0 unspecified atom stereocenters. The van der Waals surface area contributed by atoms with Crippen molar-refractivity contribution in [2.24, 2.45) is 0 Å². The lowest BCUT2D eigenvalue weighted by Gasteiger charge is -2.09. The smallest absolute Gasteiger partial charge is 0.313 e. The largest absolute Gasteiger partial charge is 0.433 e. The Hall–Kier alpha value is -4.28. The van der Waals surface area contributed by atoms with Crippen LogP contribution in [-0.2, 0) is 6.18 Å². The van der Waals surface area contributed by atoms with Gasteiger partial charge in [0, 0.05) is 29.5 Å². The third-order valence-electron chi connectivity index (χ3n) is 6.10. The molecule has 34 heavy (non-hydrogen) atoms. The highest BCUT2D eigenvalue weighted by Crippen LogP contribution is 2.56. The molecule has 2 atom stereocenters. The molecule has 5 aromatic rings. The van der Waals surface area contributed by atoms with Gasteiger partial charge >= 0.3 is 11.9 Å². The molecule has 11 heteroatoms. The number of H-pyrrole nitrogens is 2. The van der Waals surface area contributed by atoms with E-state index in [1.54, 1.807) is 35.1 Å². The van der Waals surface area contributed by atoms with Crippen molar-refractivity contribution in [3.63, 3.8) is 0 Å². The summed E-state index contributed by atoms with van der Waals surface area (Å²) in [6.45, 7) is 0. The number of alkyl halides is 3. The minimum absolute atomic E-state index is 0.0911. The van der Waals surface area contributed by atoms with Crippen molar-refractivity contribution in [3.05, 3.63) is 92.6 Å². The van der Waals surface area contributed by atoms with E-state index < -0.39 is 23.1 Å². The lowest BCUT2D eigenvalue weighted by atomic mass is 10.0. The molecule has 4 aromatic heterocycles. The van der Waals surface area contributed by atoms with Crippen LogP contribution in [-0.4, -0.2) is 29.5 Å². The van der Waals surface area contributed by atoms with Gasteiger partial charge in [-0.3, -0.25) is 9.78 Å². The molecule has 1 fully saturated rings. The first kappa shape index (κ1) is 20.3. The molecule has 1 aliphatic carbocycles. The number of hydrogen-bond acceptors (Lipinski definition) is 5. The van der Waals surface area contributed by atoms with E-state index in [-0.39, 0.29) is 22.9 Å². The highest BCUT2D eigenvalue weighted by atomic mass is 19.4. The first-order valence-corrected chi connectivity index (χ1v) is 10.4. The monoisotopic (exact) mass is 464 g/mol. The van der Waals surface area contributed by atoms with Crippen molar-refractivity contribution in [2.45, 2.75) is 24.4 Å². The summed E-state index contributed by atoms with van der Waals surface area (Å²) < 4.78 is 40.5. The first-order chi connectivity index (χ1) is 16.3. The van der Waals surface area contributed by atoms with Gasteiger partial charge < -0.3 is 4.98 Å². The van der Waals surface area contributed by atoms with Gasteiger partial charge in [0.2, 0.25) is 0 Å². The molecular weight excluding hydrogens is 449 g/mol. The minimum Gasteiger partial charge on any atom is -0.313 e. The van der Waals surface area contributed by atoms with E-state index in [2.05, 4.69) is 25.0 Å². The lowest BCUT2D eigenvalue weighted by molar-refractivity contribution is -0.140. The fraction of sp³-hybridized carbons (Fsp3) is 0.174. The number of rotatable bonds is 3. The van der Waals surface area contributed by atoms with Crippen LogP contribution in [0.4, 0.5) is 13.2 Å². The van der Waals surface area contributed by atoms with E-state index in [0.717, 1.165) is 23.6 Å². The van der Waals surface area contributed by atoms with Crippen molar-refractivity contribution in [3.8, 4) is 11.3 Å². The van der Waals surface area contributed by atoms with E-state index in [1.165, 1.54) is 12.3 Å². The van der Waals surface area contributed by atoms with Gasteiger partial charge in [-0.25, -0.2) is 19.3 Å². The van der Waals surface area contributed by atoms with E-state index in [4.69, 9.17) is 0 Å². The van der Waals surface area contributed by atoms with Gasteiger partial charge in [0.1, 0.15) is 5.69 Å². The maximum atomic E-state index is 13.0. The van der Waals surface area contributed by atoms with Crippen LogP contribution in [0.1, 0.15) is 35.1 Å². The fourth-order valence-electron chi connectivity index (χ4n) is 4.39. The molecule has 0 saturated heterocycles. The molecule has 6 rings (SSSR count). The zero-order valence-electron chi connectivity index (χ0n) is 17.3. The Morgan fingerprint density at radius 1 is 1.06 bits per heavy atom. The molecule has 0 radical (unpaired) electrons. The molecule has 1 aromatic carbocycles. The van der Waals surface area contributed by atoms with Gasteiger partial charge in [0.05, 0.1) is 16.8 Å². The van der Waals surface area contributed by atoms with Crippen LogP contribution in [0.2, 0.25) is 0 Å². The summed E-state index contributed by atoms with van der Waals surface area (Å²) in [6, 6.07) is 9.50. The van der Waals surface area contributed by atoms with Gasteiger partial charge in [0.15, 0.2) is 5.65 Å². The molecule has 1 aliphatic rings. The normalized spacial score (nSPS) is 18.0. The van der Waals surface area contributed by atoms with Gasteiger partial charge in [-0.2, -0.15) is 18.3 Å². The van der Waals surface area contributed by atoms with Gasteiger partial charge in [0.25, 0.3) is 5.56 Å². The number of pyridine rings is 1. The van der Waals surface area contributed by atoms with Crippen molar-refractivity contribution >= 4 is 16.6 Å². The van der Waals surface area contributed by atoms with Crippen molar-refractivity contribution < 1.29 is 13.2 Å². The predicted molar refractivity (Wildman–Crippen MR) is 117 cm³/mol. The van der Waals surface area contributed by atoms with Crippen LogP contribution in [0.3, 0.4) is 0 Å². The molecule has 0 aliphatic heterocycles. The van der Waals surface area contributed by atoms with E-state index >= 15 is 0 Å². The summed E-state index contributed by atoms with van der Waals surface area (Å²) in [5.41, 5.74) is 1.39. The van der Waals surface area contributed by atoms with Crippen LogP contribution in [0.5, 0.6) is 0 Å². The van der Waals surface area contributed by atoms with Gasteiger partial charge in [-0.15, -0.1) is 0 Å². The maximum Gasteiger partial charge on any atom is 0.433 e. The summed E-state index contributed by atoms with van der Waals surface area (Å²) in [6.07, 6.45) is 0.944. The summed E-state index contributed by atoms with van der Waals surface area (Å²) in [5, 5.41) is 5.08. The number of aromatic amines is 2. The lowest BCUT2D eigenvalue weighted by Crippen LogP contribution is -2.23. The van der Waals surface area contributed by atoms with Gasteiger partial charge in [-0.05, 0) is 48.1 Å². The first-order valence-electron chi connectivity index (χ1n) is 10.4. The SMILES string of the molecule is O=c1[nH]cc(-c2cc([C@@H]3C[C@H]3c3ccc4nc(C(F)(F)F)ccc4c3)c3nccn3n2)c(=O)[nH]1. The Morgan fingerprint density at radius 3 is 2.71 bits per heavy atom. The predicted octanol–water partition coefficient (Wildman–Crippen LogP) is 3.61. The number of halogens is 3. The average Bonchev–Trinajstić information content (AvgIpc) is 3.45. The van der Waals surface area contributed by atoms with E-state index in [1.807, 2.05) is 6.07 Å². The number of benzene rings is 1. The maximum absolute atomic E-state index is 13.0. The third-order valence-corrected chi connectivity index (χ3v) is 6.10. The Morgan fingerprint density at radius 2 is 1.91 bits per heavy atom. The number of imidazole rings is 1. The number of fused-ring (bicyclic) bond motifs is 2. The van der Waals surface area contributed by atoms with Crippen molar-refractivity contribution in [1.29, 1.82) is 0 Å². The second-order valence-corrected chi connectivity index (χ2v) is 8.26. The molecule has 0 bridgehead atoms. The Bertz CT molecular complexity index is 1700. The second-order valence-electron chi connectivity index (χ2n) is 8.26. The topological polar surface area (TPSA) is 109 Å². The van der Waals surface area contributed by atoms with Crippen LogP contribution in [0.15, 0.2) is 64.6 Å². The summed E-state index contributed by atoms with van der Waals surface area (Å²) in [5.74, 6) is 0.227. The molecule has 170 valence electrons. The van der Waals surface area contributed by atoms with E-state index in [9.17, 15) is 22.8 Å². The van der Waals surface area contributed by atoms with E-state index in [0.29, 0.717) is 16.7 Å². The summed E-state index contributed by atoms with van der Waals surface area (Å²) in [4.78, 5) is 36.5. The standard InChI is InChI=1S/C23H15F3N6O2/c24-23(25,26)19-4-2-12-7-11(1-3-17(12)29-19)13-8-14(13)15-9-18(31-32-6-5-27-20(15)32)16-10-28-22(34)30-21(16)33/h1-7,9-10,13-14H,8H2,(H2,28,30,33,34)/t13-,14+/m0/s1. The zero-order chi connectivity index (χ0) is 23.6. The molecule has 2 N–H and O–H groups in total. The number of nitrogens with one attached hydrogen (secondary N) is 2.